The molecule has 0 aromatic heterocycles. The summed E-state index contributed by atoms with van der Waals surface area (Å²) in [7, 11) is 0. The van der Waals surface area contributed by atoms with Crippen LogP contribution < -0.4 is 31.1 Å². The highest BCUT2D eigenvalue weighted by Gasteiger charge is 2.45. The minimum atomic E-state index is 0.101. The van der Waals surface area contributed by atoms with Gasteiger partial charge in [0, 0.05) is 43.9 Å². The Bertz CT molecular complexity index is 2270. The second-order valence-corrected chi connectivity index (χ2v) is 13.2. The summed E-state index contributed by atoms with van der Waals surface area (Å²) in [5.74, 6) is 0. The lowest BCUT2D eigenvalue weighted by atomic mass is 9.33. The van der Waals surface area contributed by atoms with Crippen LogP contribution >= 0.6 is 11.8 Å². The van der Waals surface area contributed by atoms with Crippen molar-refractivity contribution in [1.82, 2.24) is 0 Å². The van der Waals surface area contributed by atoms with Crippen LogP contribution in [0.2, 0.25) is 0 Å². The molecule has 0 aliphatic carbocycles. The average molecular weight is 618 g/mol. The Morgan fingerprint density at radius 2 is 0.979 bits per heavy atom. The first-order chi connectivity index (χ1) is 23.3. The molecule has 220 valence electrons. The number of hydrogen-bond acceptors (Lipinski definition) is 4. The van der Waals surface area contributed by atoms with Crippen LogP contribution in [0.25, 0.3) is 0 Å². The molecule has 3 aliphatic heterocycles. The van der Waals surface area contributed by atoms with Gasteiger partial charge in [0.05, 0.1) is 17.1 Å². The Hall–Kier alpha value is -5.65. The van der Waals surface area contributed by atoms with E-state index >= 15 is 0 Å². The van der Waals surface area contributed by atoms with Crippen LogP contribution in [-0.4, -0.2) is 6.71 Å². The Morgan fingerprint density at radius 1 is 0.426 bits per heavy atom. The molecular formula is C42H28BN3S. The molecule has 0 radical (unpaired) electrons. The van der Waals surface area contributed by atoms with E-state index in [1.807, 2.05) is 11.8 Å². The molecule has 7 aromatic rings. The standard InChI is InChI=1S/C42H28BN3S/c1-4-15-29(16-5-1)44(30-17-6-2-7-18-30)32-27-37-41-38(28-32)46-36-24-12-13-25-39(36)47-40-26-14-22-34(42(40)46)43(41)33-21-10-11-23-35(33)45(37)31-19-8-3-9-20-31/h1-28H. The van der Waals surface area contributed by atoms with Crippen LogP contribution in [0, 0.1) is 0 Å². The molecule has 0 N–H and O–H groups in total. The average Bonchev–Trinajstić information content (AvgIpc) is 3.14. The molecule has 0 bridgehead atoms. The summed E-state index contributed by atoms with van der Waals surface area (Å²) in [6, 6.07) is 61.8. The SMILES string of the molecule is c1ccc(N(c2ccccc2)c2cc3c4c(c2)N2c5ccccc5Sc5cccc(c52)B4c2ccccc2N3c2ccccc2)cc1. The molecule has 0 saturated heterocycles. The molecule has 47 heavy (non-hydrogen) atoms. The monoisotopic (exact) mass is 617 g/mol. The second-order valence-electron chi connectivity index (χ2n) is 12.2. The van der Waals surface area contributed by atoms with E-state index in [1.165, 1.54) is 54.6 Å². The zero-order valence-corrected chi connectivity index (χ0v) is 26.3. The summed E-state index contributed by atoms with van der Waals surface area (Å²) in [6.07, 6.45) is 0. The molecule has 0 unspecified atom stereocenters. The number of benzene rings is 7. The minimum absolute atomic E-state index is 0.101. The molecule has 0 atom stereocenters. The lowest BCUT2D eigenvalue weighted by molar-refractivity contribution is 1.16. The molecule has 0 spiro atoms. The van der Waals surface area contributed by atoms with Gasteiger partial charge in [0.25, 0.3) is 6.71 Å². The molecule has 0 fully saturated rings. The van der Waals surface area contributed by atoms with Gasteiger partial charge in [-0.3, -0.25) is 0 Å². The third-order valence-electron chi connectivity index (χ3n) is 9.57. The molecule has 10 rings (SSSR count). The van der Waals surface area contributed by atoms with E-state index in [1.54, 1.807) is 0 Å². The van der Waals surface area contributed by atoms with Gasteiger partial charge >= 0.3 is 0 Å². The van der Waals surface area contributed by atoms with E-state index < -0.39 is 0 Å². The summed E-state index contributed by atoms with van der Waals surface area (Å²) in [5, 5.41) is 0. The number of para-hydroxylation sites is 6. The van der Waals surface area contributed by atoms with Crippen LogP contribution in [0.5, 0.6) is 0 Å². The molecule has 5 heteroatoms. The second kappa shape index (κ2) is 10.4. The number of hydrogen-bond donors (Lipinski definition) is 0. The van der Waals surface area contributed by atoms with Crippen molar-refractivity contribution in [2.45, 2.75) is 9.79 Å². The fraction of sp³-hybridized carbons (Fsp3) is 0. The largest absolute Gasteiger partial charge is 0.311 e. The highest BCUT2D eigenvalue weighted by molar-refractivity contribution is 7.99. The van der Waals surface area contributed by atoms with Crippen molar-refractivity contribution in [1.29, 1.82) is 0 Å². The predicted octanol–water partition coefficient (Wildman–Crippen LogP) is 9.70. The zero-order chi connectivity index (χ0) is 30.9. The molecule has 3 nitrogen and oxygen atoms in total. The van der Waals surface area contributed by atoms with Crippen molar-refractivity contribution in [3.8, 4) is 0 Å². The van der Waals surface area contributed by atoms with Crippen molar-refractivity contribution in [3.63, 3.8) is 0 Å². The van der Waals surface area contributed by atoms with Crippen LogP contribution in [0.3, 0.4) is 0 Å². The molecule has 0 amide bonds. The van der Waals surface area contributed by atoms with E-state index in [0.29, 0.717) is 0 Å². The Balaban J connectivity index is 1.34. The van der Waals surface area contributed by atoms with Crippen LogP contribution in [0.1, 0.15) is 0 Å². The fourth-order valence-electron chi connectivity index (χ4n) is 7.71. The van der Waals surface area contributed by atoms with Crippen molar-refractivity contribution < 1.29 is 0 Å². The van der Waals surface area contributed by atoms with Gasteiger partial charge in [-0.15, -0.1) is 0 Å². The van der Waals surface area contributed by atoms with Crippen molar-refractivity contribution in [2.75, 3.05) is 14.7 Å². The number of nitrogens with zero attached hydrogens (tertiary/aromatic N) is 3. The Kier molecular flexibility index (Phi) is 5.90. The zero-order valence-electron chi connectivity index (χ0n) is 25.5. The third-order valence-corrected chi connectivity index (χ3v) is 10.7. The molecule has 3 heterocycles. The van der Waals surface area contributed by atoms with Crippen LogP contribution in [0.4, 0.5) is 51.2 Å². The molecular weight excluding hydrogens is 589 g/mol. The first-order valence-electron chi connectivity index (χ1n) is 16.1. The van der Waals surface area contributed by atoms with Gasteiger partial charge < -0.3 is 14.7 Å². The maximum absolute atomic E-state index is 2.54. The van der Waals surface area contributed by atoms with Gasteiger partial charge in [0.15, 0.2) is 0 Å². The molecule has 0 saturated carbocycles. The topological polar surface area (TPSA) is 9.72 Å². The Morgan fingerprint density at radius 3 is 1.70 bits per heavy atom. The van der Waals surface area contributed by atoms with Crippen molar-refractivity contribution >= 4 is 86.0 Å². The number of fused-ring (bicyclic) bond motifs is 6. The highest BCUT2D eigenvalue weighted by atomic mass is 32.2. The van der Waals surface area contributed by atoms with Gasteiger partial charge in [-0.2, -0.15) is 0 Å². The van der Waals surface area contributed by atoms with Crippen LogP contribution in [-0.2, 0) is 0 Å². The lowest BCUT2D eigenvalue weighted by Crippen LogP contribution is -2.61. The minimum Gasteiger partial charge on any atom is -0.311 e. The van der Waals surface area contributed by atoms with E-state index in [0.717, 1.165) is 22.7 Å². The van der Waals surface area contributed by atoms with Gasteiger partial charge in [0.2, 0.25) is 0 Å². The summed E-state index contributed by atoms with van der Waals surface area (Å²) in [5.41, 5.74) is 14.7. The summed E-state index contributed by atoms with van der Waals surface area (Å²) in [4.78, 5) is 9.97. The first kappa shape index (κ1) is 26.6. The highest BCUT2D eigenvalue weighted by Crippen LogP contribution is 2.54. The smallest absolute Gasteiger partial charge is 0.252 e. The lowest BCUT2D eigenvalue weighted by Gasteiger charge is -2.46. The van der Waals surface area contributed by atoms with Crippen LogP contribution in [0.15, 0.2) is 180 Å². The Labute approximate surface area is 279 Å². The van der Waals surface area contributed by atoms with Crippen molar-refractivity contribution in [3.05, 3.63) is 170 Å². The van der Waals surface area contributed by atoms with Gasteiger partial charge in [-0.1, -0.05) is 109 Å². The van der Waals surface area contributed by atoms with E-state index in [-0.39, 0.29) is 6.71 Å². The van der Waals surface area contributed by atoms with E-state index in [4.69, 9.17) is 0 Å². The number of rotatable bonds is 4. The summed E-state index contributed by atoms with van der Waals surface area (Å²) in [6.45, 7) is 0.101. The molecule has 7 aromatic carbocycles. The predicted molar refractivity (Wildman–Crippen MR) is 199 cm³/mol. The molecule has 3 aliphatic rings. The summed E-state index contributed by atoms with van der Waals surface area (Å²) >= 11 is 1.88. The maximum atomic E-state index is 2.54. The van der Waals surface area contributed by atoms with E-state index in [9.17, 15) is 0 Å². The van der Waals surface area contributed by atoms with Gasteiger partial charge in [-0.05, 0) is 89.2 Å². The normalized spacial score (nSPS) is 13.3. The third kappa shape index (κ3) is 3.97. The quantitative estimate of drug-likeness (QED) is 0.182. The fourth-order valence-corrected chi connectivity index (χ4v) is 8.81. The van der Waals surface area contributed by atoms with Gasteiger partial charge in [-0.25, -0.2) is 0 Å². The van der Waals surface area contributed by atoms with Gasteiger partial charge in [0.1, 0.15) is 0 Å². The number of anilines is 9. The maximum Gasteiger partial charge on any atom is 0.252 e. The van der Waals surface area contributed by atoms with Crippen molar-refractivity contribution in [2.24, 2.45) is 0 Å². The first-order valence-corrected chi connectivity index (χ1v) is 16.9. The summed E-state index contributed by atoms with van der Waals surface area (Å²) < 4.78 is 0. The van der Waals surface area contributed by atoms with E-state index in [2.05, 4.69) is 185 Å².